The molecule has 0 aromatic heterocycles. The van der Waals surface area contributed by atoms with Crippen LogP contribution in [-0.2, 0) is 4.79 Å². The molecular formula is C10H21NO. The minimum atomic E-state index is 0.117. The SMILES string of the molecule is CC.CC(=O)N1CCCC1(C)C. The zero-order chi connectivity index (χ0) is 9.78. The Morgan fingerprint density at radius 2 is 1.83 bits per heavy atom. The van der Waals surface area contributed by atoms with Crippen LogP contribution in [0.15, 0.2) is 0 Å². The molecular weight excluding hydrogens is 150 g/mol. The second-order valence-electron chi connectivity index (χ2n) is 3.59. The summed E-state index contributed by atoms with van der Waals surface area (Å²) in [4.78, 5) is 12.9. The Hall–Kier alpha value is -0.530. The maximum atomic E-state index is 11.0. The molecule has 1 amide bonds. The first-order valence-corrected chi connectivity index (χ1v) is 4.82. The lowest BCUT2D eigenvalue weighted by atomic mass is 10.0. The molecule has 2 nitrogen and oxygen atoms in total. The van der Waals surface area contributed by atoms with Crippen molar-refractivity contribution in [2.45, 2.75) is 53.0 Å². The lowest BCUT2D eigenvalue weighted by molar-refractivity contribution is -0.131. The van der Waals surface area contributed by atoms with Crippen molar-refractivity contribution in [1.82, 2.24) is 4.90 Å². The molecule has 0 bridgehead atoms. The number of carbonyl (C=O) groups excluding carboxylic acids is 1. The van der Waals surface area contributed by atoms with E-state index >= 15 is 0 Å². The van der Waals surface area contributed by atoms with Gasteiger partial charge in [-0.3, -0.25) is 4.79 Å². The number of carbonyl (C=O) groups is 1. The van der Waals surface area contributed by atoms with Crippen molar-refractivity contribution in [3.8, 4) is 0 Å². The van der Waals surface area contributed by atoms with Crippen LogP contribution in [-0.4, -0.2) is 22.9 Å². The molecule has 0 aromatic carbocycles. The van der Waals surface area contributed by atoms with E-state index in [4.69, 9.17) is 0 Å². The van der Waals surface area contributed by atoms with E-state index < -0.39 is 0 Å². The monoisotopic (exact) mass is 171 g/mol. The van der Waals surface area contributed by atoms with Crippen molar-refractivity contribution in [2.24, 2.45) is 0 Å². The van der Waals surface area contributed by atoms with E-state index in [1.165, 1.54) is 0 Å². The first-order chi connectivity index (χ1) is 5.54. The van der Waals surface area contributed by atoms with Crippen LogP contribution in [0.4, 0.5) is 0 Å². The van der Waals surface area contributed by atoms with Crippen LogP contribution in [0.5, 0.6) is 0 Å². The molecule has 1 aliphatic heterocycles. The summed E-state index contributed by atoms with van der Waals surface area (Å²) in [5.74, 6) is 0.211. The molecule has 0 radical (unpaired) electrons. The summed E-state index contributed by atoms with van der Waals surface area (Å²) in [6, 6.07) is 0. The third kappa shape index (κ3) is 2.50. The van der Waals surface area contributed by atoms with Crippen LogP contribution < -0.4 is 0 Å². The van der Waals surface area contributed by atoms with Crippen molar-refractivity contribution < 1.29 is 4.79 Å². The predicted octanol–water partition coefficient (Wildman–Crippen LogP) is 2.43. The average Bonchev–Trinajstić information content (AvgIpc) is 2.33. The summed E-state index contributed by atoms with van der Waals surface area (Å²) < 4.78 is 0. The summed E-state index contributed by atoms with van der Waals surface area (Å²) >= 11 is 0. The van der Waals surface area contributed by atoms with Gasteiger partial charge in [0.25, 0.3) is 0 Å². The van der Waals surface area contributed by atoms with Crippen LogP contribution in [0.2, 0.25) is 0 Å². The third-order valence-electron chi connectivity index (χ3n) is 2.28. The van der Waals surface area contributed by atoms with E-state index in [9.17, 15) is 4.79 Å². The first-order valence-electron chi connectivity index (χ1n) is 4.82. The molecule has 0 spiro atoms. The van der Waals surface area contributed by atoms with Crippen molar-refractivity contribution in [2.75, 3.05) is 6.54 Å². The second-order valence-corrected chi connectivity index (χ2v) is 3.59. The molecule has 12 heavy (non-hydrogen) atoms. The Labute approximate surface area is 75.9 Å². The van der Waals surface area contributed by atoms with Crippen molar-refractivity contribution in [1.29, 1.82) is 0 Å². The maximum absolute atomic E-state index is 11.0. The fourth-order valence-corrected chi connectivity index (χ4v) is 1.69. The Bertz CT molecular complexity index is 152. The molecule has 0 aliphatic carbocycles. The highest BCUT2D eigenvalue weighted by molar-refractivity contribution is 5.74. The van der Waals surface area contributed by atoms with Gasteiger partial charge in [0.1, 0.15) is 0 Å². The molecule has 72 valence electrons. The van der Waals surface area contributed by atoms with Gasteiger partial charge in [-0.25, -0.2) is 0 Å². The minimum Gasteiger partial charge on any atom is -0.338 e. The van der Waals surface area contributed by atoms with Gasteiger partial charge >= 0.3 is 0 Å². The molecule has 1 rings (SSSR count). The minimum absolute atomic E-state index is 0.117. The summed E-state index contributed by atoms with van der Waals surface area (Å²) in [7, 11) is 0. The molecule has 0 atom stereocenters. The average molecular weight is 171 g/mol. The van der Waals surface area contributed by atoms with E-state index in [0.29, 0.717) is 0 Å². The Morgan fingerprint density at radius 3 is 2.00 bits per heavy atom. The largest absolute Gasteiger partial charge is 0.338 e. The van der Waals surface area contributed by atoms with Crippen molar-refractivity contribution in [3.05, 3.63) is 0 Å². The van der Waals surface area contributed by atoms with Gasteiger partial charge in [0.2, 0.25) is 5.91 Å². The summed E-state index contributed by atoms with van der Waals surface area (Å²) in [5.41, 5.74) is 0.117. The van der Waals surface area contributed by atoms with E-state index in [-0.39, 0.29) is 11.4 Å². The van der Waals surface area contributed by atoms with E-state index in [2.05, 4.69) is 13.8 Å². The zero-order valence-corrected chi connectivity index (χ0v) is 8.98. The summed E-state index contributed by atoms with van der Waals surface area (Å²) in [6.07, 6.45) is 2.30. The number of hydrogen-bond acceptors (Lipinski definition) is 1. The highest BCUT2D eigenvalue weighted by Gasteiger charge is 2.33. The zero-order valence-electron chi connectivity index (χ0n) is 8.98. The van der Waals surface area contributed by atoms with E-state index in [1.54, 1.807) is 6.92 Å². The van der Waals surface area contributed by atoms with Gasteiger partial charge in [-0.15, -0.1) is 0 Å². The molecule has 0 N–H and O–H groups in total. The quantitative estimate of drug-likeness (QED) is 0.548. The van der Waals surface area contributed by atoms with Crippen LogP contribution in [0.3, 0.4) is 0 Å². The van der Waals surface area contributed by atoms with Crippen LogP contribution >= 0.6 is 0 Å². The normalized spacial score (nSPS) is 19.9. The number of amides is 1. The number of hydrogen-bond donors (Lipinski definition) is 0. The highest BCUT2D eigenvalue weighted by Crippen LogP contribution is 2.27. The predicted molar refractivity (Wildman–Crippen MR) is 52.0 cm³/mol. The highest BCUT2D eigenvalue weighted by atomic mass is 16.2. The van der Waals surface area contributed by atoms with Gasteiger partial charge in [-0.1, -0.05) is 13.8 Å². The van der Waals surface area contributed by atoms with E-state index in [1.807, 2.05) is 18.7 Å². The first kappa shape index (κ1) is 11.5. The number of nitrogens with zero attached hydrogens (tertiary/aromatic N) is 1. The standard InChI is InChI=1S/C8H15NO.C2H6/c1-7(10)9-6-4-5-8(9,2)3;1-2/h4-6H2,1-3H3;1-2H3. The summed E-state index contributed by atoms with van der Waals surface area (Å²) in [5, 5.41) is 0. The smallest absolute Gasteiger partial charge is 0.219 e. The topological polar surface area (TPSA) is 20.3 Å². The van der Waals surface area contributed by atoms with Gasteiger partial charge < -0.3 is 4.90 Å². The molecule has 2 heteroatoms. The van der Waals surface area contributed by atoms with E-state index in [0.717, 1.165) is 19.4 Å². The van der Waals surface area contributed by atoms with Gasteiger partial charge in [-0.05, 0) is 26.7 Å². The fraction of sp³-hybridized carbons (Fsp3) is 0.900. The van der Waals surface area contributed by atoms with Crippen molar-refractivity contribution in [3.63, 3.8) is 0 Å². The van der Waals surface area contributed by atoms with Gasteiger partial charge in [0.05, 0.1) is 0 Å². The Balaban J connectivity index is 0.000000561. The van der Waals surface area contributed by atoms with Gasteiger partial charge in [0, 0.05) is 19.0 Å². The van der Waals surface area contributed by atoms with Gasteiger partial charge in [-0.2, -0.15) is 0 Å². The molecule has 1 saturated heterocycles. The second kappa shape index (κ2) is 4.48. The van der Waals surface area contributed by atoms with Crippen LogP contribution in [0.25, 0.3) is 0 Å². The Kier molecular flexibility index (Phi) is 4.29. The third-order valence-corrected chi connectivity index (χ3v) is 2.28. The molecule has 1 fully saturated rings. The lowest BCUT2D eigenvalue weighted by Crippen LogP contribution is -2.41. The number of likely N-dealkylation sites (tertiary alicyclic amines) is 1. The van der Waals surface area contributed by atoms with Crippen LogP contribution in [0, 0.1) is 0 Å². The van der Waals surface area contributed by atoms with Gasteiger partial charge in [0.15, 0.2) is 0 Å². The van der Waals surface area contributed by atoms with Crippen molar-refractivity contribution >= 4 is 5.91 Å². The molecule has 0 aromatic rings. The molecule has 0 unspecified atom stereocenters. The Morgan fingerprint density at radius 1 is 1.33 bits per heavy atom. The fourth-order valence-electron chi connectivity index (χ4n) is 1.69. The van der Waals surface area contributed by atoms with Crippen LogP contribution in [0.1, 0.15) is 47.5 Å². The molecule has 1 heterocycles. The summed E-state index contributed by atoms with van der Waals surface area (Å²) in [6.45, 7) is 10.8. The maximum Gasteiger partial charge on any atom is 0.219 e. The number of rotatable bonds is 0. The molecule has 0 saturated carbocycles. The molecule has 1 aliphatic rings. The lowest BCUT2D eigenvalue weighted by Gasteiger charge is -2.30.